The summed E-state index contributed by atoms with van der Waals surface area (Å²) in [6.45, 7) is 1.90. The SMILES string of the molecule is CCOC(=O)[C@H]1N[C@@H](c2ccc(Cl)cc2)[C@@H]([N+](=O)[O-])[C@@H]1c1ccc(OC)cc1. The highest BCUT2D eigenvalue weighted by atomic mass is 35.5. The summed E-state index contributed by atoms with van der Waals surface area (Å²) in [4.78, 5) is 24.3. The second-order valence-corrected chi connectivity index (χ2v) is 6.94. The molecule has 2 aromatic rings. The number of hydrogen-bond donors (Lipinski definition) is 1. The first-order valence-electron chi connectivity index (χ1n) is 8.91. The van der Waals surface area contributed by atoms with Gasteiger partial charge in [-0.3, -0.25) is 20.2 Å². The lowest BCUT2D eigenvalue weighted by atomic mass is 9.85. The molecule has 8 heteroatoms. The van der Waals surface area contributed by atoms with Crippen LogP contribution in [0.25, 0.3) is 0 Å². The fraction of sp³-hybridized carbons (Fsp3) is 0.350. The molecule has 0 aliphatic carbocycles. The summed E-state index contributed by atoms with van der Waals surface area (Å²) in [5, 5.41) is 15.7. The van der Waals surface area contributed by atoms with Gasteiger partial charge in [-0.25, -0.2) is 0 Å². The van der Waals surface area contributed by atoms with Gasteiger partial charge >= 0.3 is 5.97 Å². The molecule has 0 radical (unpaired) electrons. The van der Waals surface area contributed by atoms with E-state index in [0.717, 1.165) is 0 Å². The van der Waals surface area contributed by atoms with Crippen molar-refractivity contribution in [1.29, 1.82) is 0 Å². The van der Waals surface area contributed by atoms with Crippen molar-refractivity contribution < 1.29 is 19.2 Å². The zero-order valence-corrected chi connectivity index (χ0v) is 16.3. The number of halogens is 1. The van der Waals surface area contributed by atoms with Crippen LogP contribution in [0, 0.1) is 10.1 Å². The van der Waals surface area contributed by atoms with Gasteiger partial charge in [-0.2, -0.15) is 0 Å². The van der Waals surface area contributed by atoms with Crippen LogP contribution in [-0.2, 0) is 9.53 Å². The van der Waals surface area contributed by atoms with E-state index in [1.54, 1.807) is 62.6 Å². The van der Waals surface area contributed by atoms with Crippen molar-refractivity contribution in [1.82, 2.24) is 5.32 Å². The smallest absolute Gasteiger partial charge is 0.324 e. The molecular weight excluding hydrogens is 384 g/mol. The lowest BCUT2D eigenvalue weighted by molar-refractivity contribution is -0.527. The molecule has 0 saturated carbocycles. The maximum absolute atomic E-state index is 12.6. The molecule has 1 aliphatic rings. The van der Waals surface area contributed by atoms with Gasteiger partial charge < -0.3 is 9.47 Å². The first-order valence-corrected chi connectivity index (χ1v) is 9.29. The van der Waals surface area contributed by atoms with Crippen LogP contribution in [0.15, 0.2) is 48.5 Å². The molecule has 1 fully saturated rings. The number of benzene rings is 2. The first kappa shape index (κ1) is 20.1. The topological polar surface area (TPSA) is 90.7 Å². The van der Waals surface area contributed by atoms with E-state index in [2.05, 4.69) is 5.32 Å². The zero-order chi connectivity index (χ0) is 20.3. The van der Waals surface area contributed by atoms with Crippen molar-refractivity contribution in [3.8, 4) is 5.75 Å². The Labute approximate surface area is 167 Å². The number of nitrogens with zero attached hydrogens (tertiary/aromatic N) is 1. The Bertz CT molecular complexity index is 841. The summed E-state index contributed by atoms with van der Waals surface area (Å²) in [6, 6.07) is 11.2. The number of esters is 1. The number of carbonyl (C=O) groups excluding carboxylic acids is 1. The van der Waals surface area contributed by atoms with Gasteiger partial charge in [0.1, 0.15) is 17.8 Å². The highest BCUT2D eigenvalue weighted by Gasteiger charge is 2.54. The average molecular weight is 405 g/mol. The van der Waals surface area contributed by atoms with Crippen LogP contribution in [0.5, 0.6) is 5.75 Å². The van der Waals surface area contributed by atoms with Crippen molar-refractivity contribution >= 4 is 17.6 Å². The maximum Gasteiger partial charge on any atom is 0.324 e. The molecule has 1 aliphatic heterocycles. The standard InChI is InChI=1S/C20H21ClN2O5/c1-3-28-20(24)18-16(12-6-10-15(27-2)11-7-12)19(23(25)26)17(22-18)13-4-8-14(21)9-5-13/h4-11,16-19,22H,3H2,1-2H3/t16-,17+,18+,19+/m1/s1. The Balaban J connectivity index is 2.05. The van der Waals surface area contributed by atoms with Crippen LogP contribution >= 0.6 is 11.6 Å². The van der Waals surface area contributed by atoms with Gasteiger partial charge in [0.2, 0.25) is 6.04 Å². The Morgan fingerprint density at radius 2 is 1.75 bits per heavy atom. The third-order valence-corrected chi connectivity index (χ3v) is 5.19. The van der Waals surface area contributed by atoms with E-state index in [4.69, 9.17) is 21.1 Å². The molecule has 1 saturated heterocycles. The predicted octanol–water partition coefficient (Wildman–Crippen LogP) is 3.35. The van der Waals surface area contributed by atoms with E-state index < -0.39 is 30.0 Å². The summed E-state index contributed by atoms with van der Waals surface area (Å²) in [7, 11) is 1.55. The Hall–Kier alpha value is -2.64. The minimum absolute atomic E-state index is 0.196. The third-order valence-electron chi connectivity index (χ3n) is 4.94. The van der Waals surface area contributed by atoms with E-state index in [1.807, 2.05) is 0 Å². The molecule has 1 heterocycles. The van der Waals surface area contributed by atoms with Crippen molar-refractivity contribution in [3.05, 3.63) is 74.8 Å². The molecule has 0 spiro atoms. The van der Waals surface area contributed by atoms with E-state index in [9.17, 15) is 14.9 Å². The quantitative estimate of drug-likeness (QED) is 0.451. The van der Waals surface area contributed by atoms with Gasteiger partial charge in [-0.15, -0.1) is 0 Å². The first-order chi connectivity index (χ1) is 13.5. The van der Waals surface area contributed by atoms with Crippen molar-refractivity contribution in [2.45, 2.75) is 31.0 Å². The normalized spacial score (nSPS) is 24.0. The Morgan fingerprint density at radius 1 is 1.14 bits per heavy atom. The molecular formula is C20H21ClN2O5. The number of rotatable bonds is 6. The van der Waals surface area contributed by atoms with Crippen LogP contribution in [0.4, 0.5) is 0 Å². The molecule has 0 bridgehead atoms. The van der Waals surface area contributed by atoms with E-state index in [0.29, 0.717) is 21.9 Å². The van der Waals surface area contributed by atoms with Gasteiger partial charge in [0.15, 0.2) is 0 Å². The Kier molecular flexibility index (Phi) is 6.16. The van der Waals surface area contributed by atoms with Crippen LogP contribution in [0.2, 0.25) is 5.02 Å². The fourth-order valence-corrected chi connectivity index (χ4v) is 3.81. The van der Waals surface area contributed by atoms with Crippen molar-refractivity contribution in [2.75, 3.05) is 13.7 Å². The summed E-state index contributed by atoms with van der Waals surface area (Å²) >= 11 is 5.95. The highest BCUT2D eigenvalue weighted by molar-refractivity contribution is 6.30. The number of ether oxygens (including phenoxy) is 2. The number of hydrogen-bond acceptors (Lipinski definition) is 6. The zero-order valence-electron chi connectivity index (χ0n) is 15.5. The molecule has 4 atom stereocenters. The lowest BCUT2D eigenvalue weighted by Crippen LogP contribution is -2.37. The van der Waals surface area contributed by atoms with Gasteiger partial charge in [0, 0.05) is 9.95 Å². The monoisotopic (exact) mass is 404 g/mol. The summed E-state index contributed by atoms with van der Waals surface area (Å²) in [5.41, 5.74) is 1.36. The van der Waals surface area contributed by atoms with Gasteiger partial charge in [-0.05, 0) is 42.3 Å². The Morgan fingerprint density at radius 3 is 2.29 bits per heavy atom. The van der Waals surface area contributed by atoms with Crippen molar-refractivity contribution in [2.24, 2.45) is 0 Å². The minimum atomic E-state index is -1.05. The molecule has 28 heavy (non-hydrogen) atoms. The van der Waals surface area contributed by atoms with Gasteiger partial charge in [-0.1, -0.05) is 35.9 Å². The van der Waals surface area contributed by atoms with Crippen LogP contribution in [0.1, 0.15) is 30.0 Å². The van der Waals surface area contributed by atoms with Gasteiger partial charge in [0.25, 0.3) is 0 Å². The van der Waals surface area contributed by atoms with Crippen LogP contribution in [0.3, 0.4) is 0 Å². The lowest BCUT2D eigenvalue weighted by Gasteiger charge is -2.19. The largest absolute Gasteiger partial charge is 0.497 e. The number of methoxy groups -OCH3 is 1. The summed E-state index contributed by atoms with van der Waals surface area (Å²) in [5.74, 6) is -0.568. The second kappa shape index (κ2) is 8.58. The molecule has 0 aromatic heterocycles. The average Bonchev–Trinajstić information content (AvgIpc) is 3.10. The number of nitrogens with one attached hydrogen (secondary N) is 1. The van der Waals surface area contributed by atoms with Crippen molar-refractivity contribution in [3.63, 3.8) is 0 Å². The predicted molar refractivity (Wildman–Crippen MR) is 104 cm³/mol. The molecule has 0 unspecified atom stereocenters. The van der Waals surface area contributed by atoms with E-state index in [-0.39, 0.29) is 11.5 Å². The van der Waals surface area contributed by atoms with E-state index in [1.165, 1.54) is 0 Å². The molecule has 148 valence electrons. The van der Waals surface area contributed by atoms with Gasteiger partial charge in [0.05, 0.1) is 19.6 Å². The second-order valence-electron chi connectivity index (χ2n) is 6.50. The molecule has 1 N–H and O–H groups in total. The van der Waals surface area contributed by atoms with E-state index >= 15 is 0 Å². The summed E-state index contributed by atoms with van der Waals surface area (Å²) in [6.07, 6.45) is 0. The maximum atomic E-state index is 12.6. The number of nitro groups is 1. The molecule has 7 nitrogen and oxygen atoms in total. The fourth-order valence-electron chi connectivity index (χ4n) is 3.68. The van der Waals surface area contributed by atoms with Crippen LogP contribution in [-0.4, -0.2) is 36.7 Å². The number of carbonyl (C=O) groups is 1. The molecule has 2 aromatic carbocycles. The minimum Gasteiger partial charge on any atom is -0.497 e. The third kappa shape index (κ3) is 3.95. The summed E-state index contributed by atoms with van der Waals surface area (Å²) < 4.78 is 10.4. The van der Waals surface area contributed by atoms with Crippen LogP contribution < -0.4 is 10.1 Å². The highest BCUT2D eigenvalue weighted by Crippen LogP contribution is 2.41. The molecule has 0 amide bonds. The molecule has 3 rings (SSSR count).